The van der Waals surface area contributed by atoms with E-state index in [1.165, 1.54) is 38.9 Å². The smallest absolute Gasteiger partial charge is 0.216 e. The van der Waals surface area contributed by atoms with Gasteiger partial charge in [-0.1, -0.05) is 105 Å². The number of aromatic nitrogens is 3. The summed E-state index contributed by atoms with van der Waals surface area (Å²) in [5, 5.41) is 2.04. The Labute approximate surface area is 320 Å². The zero-order valence-electron chi connectivity index (χ0n) is 30.4. The molecule has 0 amide bonds. The van der Waals surface area contributed by atoms with Crippen molar-refractivity contribution in [3.63, 3.8) is 0 Å². The standard InChI is InChI=1S/C36H33N2O.C11H8N.Ir/c1-21(2)30-18-26(25-11-8-7-9-12-25)19-31(22(3)4)34(30)32-16-15-28-27-13-10-14-29(35(27)39-36(28)38-32)33-17-23(5)24(6)20-37-33;1-2-6-10(7-3-1)11-8-4-5-9-12-11;/h7-13,15-22H,1-6H3;1-6,8-9H;/q2*-1;. The Bertz CT molecular complexity index is 2370. The Morgan fingerprint density at radius 2 is 1.33 bits per heavy atom. The second-order valence-corrected chi connectivity index (χ2v) is 13.6. The van der Waals surface area contributed by atoms with Gasteiger partial charge in [0, 0.05) is 43.4 Å². The summed E-state index contributed by atoms with van der Waals surface area (Å²) in [5.41, 5.74) is 14.8. The minimum Gasteiger partial charge on any atom is -0.486 e. The van der Waals surface area contributed by atoms with Crippen LogP contribution < -0.4 is 0 Å². The molecule has 0 unspecified atom stereocenters. The third kappa shape index (κ3) is 7.53. The molecule has 4 nitrogen and oxygen atoms in total. The molecule has 8 aromatic rings. The van der Waals surface area contributed by atoms with E-state index in [4.69, 9.17) is 9.40 Å². The van der Waals surface area contributed by atoms with Crippen LogP contribution in [0.5, 0.6) is 0 Å². The van der Waals surface area contributed by atoms with Crippen LogP contribution in [0.25, 0.3) is 67.0 Å². The van der Waals surface area contributed by atoms with Crippen LogP contribution in [0.3, 0.4) is 0 Å². The summed E-state index contributed by atoms with van der Waals surface area (Å²) in [6.07, 6.45) is 3.70. The molecule has 0 aliphatic heterocycles. The summed E-state index contributed by atoms with van der Waals surface area (Å²) in [6, 6.07) is 45.9. The van der Waals surface area contributed by atoms with E-state index < -0.39 is 0 Å². The van der Waals surface area contributed by atoms with Gasteiger partial charge < -0.3 is 14.4 Å². The Morgan fingerprint density at radius 1 is 0.596 bits per heavy atom. The number of hydrogen-bond acceptors (Lipinski definition) is 4. The van der Waals surface area contributed by atoms with E-state index in [1.807, 2.05) is 54.7 Å². The Morgan fingerprint density at radius 3 is 1.98 bits per heavy atom. The Kier molecular flexibility index (Phi) is 11.2. The van der Waals surface area contributed by atoms with Crippen LogP contribution in [0.2, 0.25) is 0 Å². The normalized spacial score (nSPS) is 11.1. The molecule has 4 heterocycles. The molecule has 0 N–H and O–H groups in total. The van der Waals surface area contributed by atoms with Crippen LogP contribution in [0, 0.1) is 26.0 Å². The van der Waals surface area contributed by atoms with Gasteiger partial charge >= 0.3 is 0 Å². The van der Waals surface area contributed by atoms with Crippen molar-refractivity contribution in [3.8, 4) is 44.9 Å². The maximum absolute atomic E-state index is 6.48. The largest absolute Gasteiger partial charge is 0.486 e. The molecule has 0 saturated heterocycles. The molecule has 0 fully saturated rings. The average Bonchev–Trinajstić information content (AvgIpc) is 3.55. The van der Waals surface area contributed by atoms with Crippen molar-refractivity contribution in [2.75, 3.05) is 0 Å². The minimum atomic E-state index is 0. The van der Waals surface area contributed by atoms with Gasteiger partial charge in [0.25, 0.3) is 0 Å². The van der Waals surface area contributed by atoms with E-state index in [1.54, 1.807) is 6.20 Å². The second kappa shape index (κ2) is 16.0. The van der Waals surface area contributed by atoms with Crippen LogP contribution in [-0.2, 0) is 20.1 Å². The third-order valence-electron chi connectivity index (χ3n) is 9.38. The fourth-order valence-electron chi connectivity index (χ4n) is 6.48. The fourth-order valence-corrected chi connectivity index (χ4v) is 6.48. The first-order valence-corrected chi connectivity index (χ1v) is 17.6. The maximum Gasteiger partial charge on any atom is 0.216 e. The zero-order chi connectivity index (χ0) is 35.5. The van der Waals surface area contributed by atoms with Crippen molar-refractivity contribution < 1.29 is 24.5 Å². The van der Waals surface area contributed by atoms with E-state index in [0.717, 1.165) is 44.6 Å². The molecule has 0 saturated carbocycles. The molecule has 0 bridgehead atoms. The number of fused-ring (bicyclic) bond motifs is 3. The predicted molar refractivity (Wildman–Crippen MR) is 211 cm³/mol. The number of rotatable bonds is 6. The van der Waals surface area contributed by atoms with Crippen LogP contribution in [-0.4, -0.2) is 15.0 Å². The Balaban J connectivity index is 0.000000302. The topological polar surface area (TPSA) is 51.8 Å². The number of pyridine rings is 3. The summed E-state index contributed by atoms with van der Waals surface area (Å²) >= 11 is 0. The molecule has 261 valence electrons. The van der Waals surface area contributed by atoms with Crippen LogP contribution >= 0.6 is 0 Å². The molecule has 4 aromatic heterocycles. The van der Waals surface area contributed by atoms with Gasteiger partial charge in [0.1, 0.15) is 0 Å². The van der Waals surface area contributed by atoms with Gasteiger partial charge in [-0.05, 0) is 83.1 Å². The van der Waals surface area contributed by atoms with Gasteiger partial charge in [-0.15, -0.1) is 54.1 Å². The summed E-state index contributed by atoms with van der Waals surface area (Å²) in [5.74, 6) is 0.678. The summed E-state index contributed by atoms with van der Waals surface area (Å²) in [4.78, 5) is 14.0. The molecule has 52 heavy (non-hydrogen) atoms. The van der Waals surface area contributed by atoms with E-state index >= 15 is 0 Å². The molecule has 0 spiro atoms. The summed E-state index contributed by atoms with van der Waals surface area (Å²) in [6.45, 7) is 13.2. The van der Waals surface area contributed by atoms with Crippen LogP contribution in [0.1, 0.15) is 61.8 Å². The van der Waals surface area contributed by atoms with Gasteiger partial charge in [-0.3, -0.25) is 0 Å². The van der Waals surface area contributed by atoms with Crippen molar-refractivity contribution >= 4 is 22.1 Å². The molecular weight excluding hydrogens is 815 g/mol. The first-order valence-electron chi connectivity index (χ1n) is 17.6. The molecule has 1 radical (unpaired) electrons. The van der Waals surface area contributed by atoms with E-state index in [2.05, 4.69) is 130 Å². The van der Waals surface area contributed by atoms with Crippen molar-refractivity contribution in [2.45, 2.75) is 53.4 Å². The quantitative estimate of drug-likeness (QED) is 0.156. The molecule has 0 aliphatic rings. The second-order valence-electron chi connectivity index (χ2n) is 13.6. The first-order chi connectivity index (χ1) is 24.8. The van der Waals surface area contributed by atoms with Crippen molar-refractivity contribution in [1.82, 2.24) is 15.0 Å². The van der Waals surface area contributed by atoms with E-state index in [0.29, 0.717) is 17.5 Å². The van der Waals surface area contributed by atoms with Crippen molar-refractivity contribution in [3.05, 3.63) is 162 Å². The first kappa shape index (κ1) is 36.6. The number of furan rings is 1. The number of nitrogens with zero attached hydrogens (tertiary/aromatic N) is 3. The SMILES string of the molecule is Cc1cnc(-c2[c-]ccc3c2oc2nc(-c4c(C(C)C)cc(-c5ccccc5)cc4C(C)C)ccc23)cc1C.[Ir].[c-]1ccccc1-c1ccccn1. The predicted octanol–water partition coefficient (Wildman–Crippen LogP) is 12.6. The average molecular weight is 856 g/mol. The van der Waals surface area contributed by atoms with Gasteiger partial charge in [-0.2, -0.15) is 0 Å². The summed E-state index contributed by atoms with van der Waals surface area (Å²) in [7, 11) is 0. The number of benzene rings is 4. The van der Waals surface area contributed by atoms with Crippen molar-refractivity contribution in [1.29, 1.82) is 0 Å². The van der Waals surface area contributed by atoms with Crippen molar-refractivity contribution in [2.24, 2.45) is 0 Å². The molecule has 0 atom stereocenters. The van der Waals surface area contributed by atoms with Gasteiger partial charge in [-0.25, -0.2) is 4.98 Å². The molecule has 5 heteroatoms. The monoisotopic (exact) mass is 856 g/mol. The Hall–Kier alpha value is -5.22. The van der Waals surface area contributed by atoms with E-state index in [-0.39, 0.29) is 20.1 Å². The number of aryl methyl sites for hydroxylation is 2. The van der Waals surface area contributed by atoms with Gasteiger partial charge in [0.05, 0.1) is 11.3 Å². The molecule has 0 aliphatic carbocycles. The van der Waals surface area contributed by atoms with Gasteiger partial charge in [0.2, 0.25) is 5.71 Å². The fraction of sp³-hybridized carbons (Fsp3) is 0.170. The van der Waals surface area contributed by atoms with Crippen LogP contribution in [0.4, 0.5) is 0 Å². The third-order valence-corrected chi connectivity index (χ3v) is 9.38. The maximum atomic E-state index is 6.48. The van der Waals surface area contributed by atoms with Crippen LogP contribution in [0.15, 0.2) is 132 Å². The summed E-state index contributed by atoms with van der Waals surface area (Å²) < 4.78 is 6.48. The molecular formula is C47H41IrN3O-2. The zero-order valence-corrected chi connectivity index (χ0v) is 32.8. The minimum absolute atomic E-state index is 0. The molecule has 4 aromatic carbocycles. The number of hydrogen-bond donors (Lipinski definition) is 0. The van der Waals surface area contributed by atoms with Gasteiger partial charge in [0.15, 0.2) is 0 Å². The molecule has 8 rings (SSSR count). The van der Waals surface area contributed by atoms with E-state index in [9.17, 15) is 0 Å².